The zero-order chi connectivity index (χ0) is 12.1. The number of nitrogens with zero attached hydrogens (tertiary/aromatic N) is 1. The molecule has 0 bridgehead atoms. The number of carbonyl (C=O) groups excluding carboxylic acids is 1. The van der Waals surface area contributed by atoms with Crippen LogP contribution in [-0.2, 0) is 0 Å². The van der Waals surface area contributed by atoms with Crippen molar-refractivity contribution in [2.45, 2.75) is 33.2 Å². The maximum Gasteiger partial charge on any atom is 0.152 e. The van der Waals surface area contributed by atoms with E-state index >= 15 is 0 Å². The van der Waals surface area contributed by atoms with Crippen molar-refractivity contribution in [1.82, 2.24) is 0 Å². The summed E-state index contributed by atoms with van der Waals surface area (Å²) in [6, 6.07) is 8.18. The van der Waals surface area contributed by atoms with E-state index in [1.54, 1.807) is 0 Å². The Bertz CT molecular complexity index is 346. The van der Waals surface area contributed by atoms with Crippen LogP contribution < -0.4 is 4.90 Å². The van der Waals surface area contributed by atoms with Gasteiger partial charge in [-0.3, -0.25) is 4.79 Å². The van der Waals surface area contributed by atoms with Gasteiger partial charge in [0.25, 0.3) is 0 Å². The lowest BCUT2D eigenvalue weighted by Crippen LogP contribution is -2.30. The third kappa shape index (κ3) is 3.09. The fourth-order valence-electron chi connectivity index (χ4n) is 1.99. The molecule has 0 heterocycles. The molecular weight excluding hydrogens is 198 g/mol. The van der Waals surface area contributed by atoms with E-state index in [2.05, 4.69) is 32.7 Å². The van der Waals surface area contributed by atoms with Gasteiger partial charge in [-0.2, -0.15) is 0 Å². The van der Waals surface area contributed by atoms with E-state index in [-0.39, 0.29) is 0 Å². The first kappa shape index (κ1) is 12.8. The minimum Gasteiger partial charge on any atom is -0.371 e. The Morgan fingerprint density at radius 1 is 1.25 bits per heavy atom. The van der Waals surface area contributed by atoms with Gasteiger partial charge in [0, 0.05) is 24.3 Å². The molecule has 16 heavy (non-hydrogen) atoms. The fourth-order valence-corrected chi connectivity index (χ4v) is 1.99. The van der Waals surface area contributed by atoms with Gasteiger partial charge in [-0.25, -0.2) is 0 Å². The summed E-state index contributed by atoms with van der Waals surface area (Å²) >= 11 is 0. The van der Waals surface area contributed by atoms with Crippen LogP contribution in [0.3, 0.4) is 0 Å². The zero-order valence-corrected chi connectivity index (χ0v) is 10.6. The maximum atomic E-state index is 10.9. The number of rotatable bonds is 5. The van der Waals surface area contributed by atoms with Crippen LogP contribution in [0.5, 0.6) is 0 Å². The summed E-state index contributed by atoms with van der Waals surface area (Å²) in [6.45, 7) is 6.63. The van der Waals surface area contributed by atoms with Crippen molar-refractivity contribution >= 4 is 12.0 Å². The molecule has 1 aromatic rings. The van der Waals surface area contributed by atoms with Gasteiger partial charge in [0.2, 0.25) is 0 Å². The molecule has 0 radical (unpaired) electrons. The van der Waals surface area contributed by atoms with Gasteiger partial charge in [0.15, 0.2) is 6.29 Å². The topological polar surface area (TPSA) is 20.3 Å². The molecule has 0 aliphatic carbocycles. The summed E-state index contributed by atoms with van der Waals surface area (Å²) in [5.74, 6) is 0.667. The second-order valence-corrected chi connectivity index (χ2v) is 4.77. The lowest BCUT2D eigenvalue weighted by molar-refractivity contribution is 0.112. The van der Waals surface area contributed by atoms with E-state index in [1.807, 2.05) is 24.3 Å². The summed E-state index contributed by atoms with van der Waals surface area (Å²) < 4.78 is 0. The molecule has 0 fully saturated rings. The third-order valence-corrected chi connectivity index (χ3v) is 2.92. The zero-order valence-electron chi connectivity index (χ0n) is 10.6. The van der Waals surface area contributed by atoms with Gasteiger partial charge in [0.1, 0.15) is 0 Å². The molecule has 0 aliphatic rings. The Morgan fingerprint density at radius 3 is 2.44 bits per heavy atom. The van der Waals surface area contributed by atoms with Crippen LogP contribution in [0.25, 0.3) is 0 Å². The number of carbonyl (C=O) groups is 1. The fraction of sp³-hybridized carbons (Fsp3) is 0.500. The molecule has 0 amide bonds. The van der Waals surface area contributed by atoms with Gasteiger partial charge in [-0.15, -0.1) is 0 Å². The molecule has 2 nitrogen and oxygen atoms in total. The summed E-state index contributed by atoms with van der Waals surface area (Å²) in [4.78, 5) is 13.1. The van der Waals surface area contributed by atoms with Crippen LogP contribution in [-0.4, -0.2) is 19.4 Å². The van der Waals surface area contributed by atoms with Gasteiger partial charge in [-0.05, 0) is 31.4 Å². The lowest BCUT2D eigenvalue weighted by Gasteiger charge is -2.29. The standard InChI is InChI=1S/C14H21NO/c1-11(2)9-12(3)15(4)14-8-6-5-7-13(14)10-16/h5-8,10-12H,9H2,1-4H3. The van der Waals surface area contributed by atoms with Crippen LogP contribution in [0.2, 0.25) is 0 Å². The SMILES string of the molecule is CC(C)CC(C)N(C)c1ccccc1C=O. The van der Waals surface area contributed by atoms with Crippen LogP contribution in [0.4, 0.5) is 5.69 Å². The van der Waals surface area contributed by atoms with E-state index in [0.717, 1.165) is 24.0 Å². The van der Waals surface area contributed by atoms with Crippen LogP contribution in [0.1, 0.15) is 37.6 Å². The number of anilines is 1. The molecule has 2 heteroatoms. The average Bonchev–Trinajstić information content (AvgIpc) is 2.27. The molecule has 1 aromatic carbocycles. The first-order chi connectivity index (χ1) is 7.56. The molecular formula is C14H21NO. The van der Waals surface area contributed by atoms with Crippen LogP contribution in [0, 0.1) is 5.92 Å². The van der Waals surface area contributed by atoms with E-state index in [9.17, 15) is 4.79 Å². The minimum atomic E-state index is 0.445. The molecule has 88 valence electrons. The number of benzene rings is 1. The van der Waals surface area contributed by atoms with E-state index in [1.165, 1.54) is 0 Å². The normalized spacial score (nSPS) is 12.6. The molecule has 0 saturated carbocycles. The summed E-state index contributed by atoms with van der Waals surface area (Å²) in [5, 5.41) is 0. The second-order valence-electron chi connectivity index (χ2n) is 4.77. The molecule has 1 rings (SSSR count). The van der Waals surface area contributed by atoms with Gasteiger partial charge in [0.05, 0.1) is 0 Å². The predicted molar refractivity (Wildman–Crippen MR) is 69.1 cm³/mol. The third-order valence-electron chi connectivity index (χ3n) is 2.92. The molecule has 0 saturated heterocycles. The summed E-state index contributed by atoms with van der Waals surface area (Å²) in [5.41, 5.74) is 1.78. The van der Waals surface area contributed by atoms with Crippen LogP contribution >= 0.6 is 0 Å². The number of para-hydroxylation sites is 1. The monoisotopic (exact) mass is 219 g/mol. The lowest BCUT2D eigenvalue weighted by atomic mass is 10.0. The molecule has 1 atom stereocenters. The molecule has 0 spiro atoms. The van der Waals surface area contributed by atoms with Crippen molar-refractivity contribution in [3.8, 4) is 0 Å². The number of hydrogen-bond donors (Lipinski definition) is 0. The largest absolute Gasteiger partial charge is 0.371 e. The first-order valence-electron chi connectivity index (χ1n) is 5.83. The van der Waals surface area contributed by atoms with Gasteiger partial charge in [-0.1, -0.05) is 26.0 Å². The Kier molecular flexibility index (Phi) is 4.53. The average molecular weight is 219 g/mol. The Hall–Kier alpha value is -1.31. The quantitative estimate of drug-likeness (QED) is 0.708. The van der Waals surface area contributed by atoms with Crippen molar-refractivity contribution < 1.29 is 4.79 Å². The van der Waals surface area contributed by atoms with E-state index in [4.69, 9.17) is 0 Å². The molecule has 1 unspecified atom stereocenters. The number of aldehydes is 1. The van der Waals surface area contributed by atoms with Crippen molar-refractivity contribution in [2.75, 3.05) is 11.9 Å². The highest BCUT2D eigenvalue weighted by molar-refractivity contribution is 5.84. The molecule has 0 N–H and O–H groups in total. The van der Waals surface area contributed by atoms with E-state index < -0.39 is 0 Å². The first-order valence-corrected chi connectivity index (χ1v) is 5.83. The Morgan fingerprint density at radius 2 is 1.88 bits per heavy atom. The second kappa shape index (κ2) is 5.69. The Labute approximate surface area is 98.3 Å². The van der Waals surface area contributed by atoms with Crippen molar-refractivity contribution in [3.63, 3.8) is 0 Å². The smallest absolute Gasteiger partial charge is 0.152 e. The summed E-state index contributed by atoms with van der Waals surface area (Å²) in [6.07, 6.45) is 2.05. The van der Waals surface area contributed by atoms with E-state index in [0.29, 0.717) is 12.0 Å². The van der Waals surface area contributed by atoms with Crippen LogP contribution in [0.15, 0.2) is 24.3 Å². The van der Waals surface area contributed by atoms with Gasteiger partial charge >= 0.3 is 0 Å². The molecule has 0 aliphatic heterocycles. The maximum absolute atomic E-state index is 10.9. The highest BCUT2D eigenvalue weighted by atomic mass is 16.1. The van der Waals surface area contributed by atoms with Crippen molar-refractivity contribution in [2.24, 2.45) is 5.92 Å². The van der Waals surface area contributed by atoms with Crippen molar-refractivity contribution in [3.05, 3.63) is 29.8 Å². The summed E-state index contributed by atoms with van der Waals surface area (Å²) in [7, 11) is 2.05. The van der Waals surface area contributed by atoms with Gasteiger partial charge < -0.3 is 4.90 Å². The number of hydrogen-bond acceptors (Lipinski definition) is 2. The highest BCUT2D eigenvalue weighted by Gasteiger charge is 2.13. The Balaban J connectivity index is 2.86. The highest BCUT2D eigenvalue weighted by Crippen LogP contribution is 2.22. The predicted octanol–water partition coefficient (Wildman–Crippen LogP) is 3.37. The molecule has 0 aromatic heterocycles. The minimum absolute atomic E-state index is 0.445. The van der Waals surface area contributed by atoms with Crippen molar-refractivity contribution in [1.29, 1.82) is 0 Å².